The molecule has 0 atom stereocenters. The summed E-state index contributed by atoms with van der Waals surface area (Å²) in [5.41, 5.74) is 3.44. The fraction of sp³-hybridized carbons (Fsp3) is 0.143. The maximum atomic E-state index is 9.48. The van der Waals surface area contributed by atoms with Crippen LogP contribution in [0.15, 0.2) is 30.3 Å². The largest absolute Gasteiger partial charge is 0.508 e. The minimum Gasteiger partial charge on any atom is -0.508 e. The van der Waals surface area contributed by atoms with Crippen molar-refractivity contribution in [3.05, 3.63) is 41.5 Å². The number of phenolic OH excluding ortho intramolecular Hbond substituents is 3. The van der Waals surface area contributed by atoms with Crippen LogP contribution in [-0.4, -0.2) is 15.3 Å². The average molecular weight is 230 g/mol. The Kier molecular flexibility index (Phi) is 2.68. The van der Waals surface area contributed by atoms with Crippen LogP contribution in [0.25, 0.3) is 11.1 Å². The molecule has 88 valence electrons. The van der Waals surface area contributed by atoms with Gasteiger partial charge in [0.15, 0.2) is 0 Å². The Balaban J connectivity index is 2.68. The second-order valence-electron chi connectivity index (χ2n) is 4.19. The van der Waals surface area contributed by atoms with E-state index in [0.29, 0.717) is 0 Å². The lowest BCUT2D eigenvalue weighted by Crippen LogP contribution is -1.88. The van der Waals surface area contributed by atoms with Crippen LogP contribution < -0.4 is 0 Å². The third-order valence-corrected chi connectivity index (χ3v) is 2.71. The highest BCUT2D eigenvalue weighted by Gasteiger charge is 2.09. The lowest BCUT2D eigenvalue weighted by molar-refractivity contribution is 0.451. The van der Waals surface area contributed by atoms with Crippen LogP contribution in [0.4, 0.5) is 0 Å². The van der Waals surface area contributed by atoms with Crippen molar-refractivity contribution in [2.24, 2.45) is 0 Å². The van der Waals surface area contributed by atoms with Gasteiger partial charge in [-0.1, -0.05) is 0 Å². The number of aromatic hydroxyl groups is 3. The number of hydrogen-bond acceptors (Lipinski definition) is 3. The van der Waals surface area contributed by atoms with Gasteiger partial charge in [-0.3, -0.25) is 0 Å². The molecular formula is C14H14O3. The summed E-state index contributed by atoms with van der Waals surface area (Å²) in [6, 6.07) is 7.78. The van der Waals surface area contributed by atoms with Crippen molar-refractivity contribution >= 4 is 0 Å². The molecule has 0 unspecified atom stereocenters. The standard InChI is InChI=1S/C14H14O3/c1-8-3-11(15)4-9(2)14(8)10-5-12(16)7-13(17)6-10/h3-7,15-17H,1-2H3. The number of hydrogen-bond donors (Lipinski definition) is 3. The maximum absolute atomic E-state index is 9.48. The van der Waals surface area contributed by atoms with Crippen LogP contribution in [0.5, 0.6) is 17.2 Å². The smallest absolute Gasteiger partial charge is 0.119 e. The monoisotopic (exact) mass is 230 g/mol. The SMILES string of the molecule is Cc1cc(O)cc(C)c1-c1cc(O)cc(O)c1. The van der Waals surface area contributed by atoms with Gasteiger partial charge in [0.1, 0.15) is 17.2 Å². The van der Waals surface area contributed by atoms with E-state index in [9.17, 15) is 15.3 Å². The van der Waals surface area contributed by atoms with Crippen molar-refractivity contribution in [3.63, 3.8) is 0 Å². The van der Waals surface area contributed by atoms with E-state index in [1.165, 1.54) is 6.07 Å². The summed E-state index contributed by atoms with van der Waals surface area (Å²) in [6.07, 6.45) is 0. The third-order valence-electron chi connectivity index (χ3n) is 2.71. The van der Waals surface area contributed by atoms with Gasteiger partial charge in [0.2, 0.25) is 0 Å². The first kappa shape index (κ1) is 11.3. The molecule has 0 amide bonds. The molecule has 0 saturated heterocycles. The molecule has 17 heavy (non-hydrogen) atoms. The Hall–Kier alpha value is -2.16. The Bertz CT molecular complexity index is 530. The van der Waals surface area contributed by atoms with Crippen molar-refractivity contribution in [3.8, 4) is 28.4 Å². The second-order valence-corrected chi connectivity index (χ2v) is 4.19. The van der Waals surface area contributed by atoms with Crippen LogP contribution in [0.2, 0.25) is 0 Å². The Morgan fingerprint density at radius 1 is 0.647 bits per heavy atom. The first-order valence-electron chi connectivity index (χ1n) is 5.31. The van der Waals surface area contributed by atoms with E-state index in [2.05, 4.69) is 0 Å². The fourth-order valence-corrected chi connectivity index (χ4v) is 2.14. The molecule has 0 aliphatic heterocycles. The highest BCUT2D eigenvalue weighted by Crippen LogP contribution is 2.34. The molecule has 0 aliphatic carbocycles. The summed E-state index contributed by atoms with van der Waals surface area (Å²) < 4.78 is 0. The van der Waals surface area contributed by atoms with Gasteiger partial charge in [0.05, 0.1) is 0 Å². The van der Waals surface area contributed by atoms with Gasteiger partial charge in [-0.2, -0.15) is 0 Å². The van der Waals surface area contributed by atoms with Crippen LogP contribution in [0.1, 0.15) is 11.1 Å². The summed E-state index contributed by atoms with van der Waals surface area (Å²) >= 11 is 0. The van der Waals surface area contributed by atoms with E-state index in [4.69, 9.17) is 0 Å². The molecule has 2 aromatic carbocycles. The lowest BCUT2D eigenvalue weighted by Gasteiger charge is -2.11. The average Bonchev–Trinajstić information content (AvgIpc) is 2.13. The highest BCUT2D eigenvalue weighted by atomic mass is 16.3. The first-order chi connectivity index (χ1) is 7.97. The third kappa shape index (κ3) is 2.18. The van der Waals surface area contributed by atoms with Gasteiger partial charge in [0.25, 0.3) is 0 Å². The number of benzene rings is 2. The molecule has 0 spiro atoms. The minimum atomic E-state index is 0.0203. The maximum Gasteiger partial charge on any atom is 0.119 e. The molecule has 0 fully saturated rings. The van der Waals surface area contributed by atoms with Crippen molar-refractivity contribution in [2.45, 2.75) is 13.8 Å². The molecule has 0 radical (unpaired) electrons. The zero-order chi connectivity index (χ0) is 12.6. The first-order valence-corrected chi connectivity index (χ1v) is 5.31. The molecule has 0 aromatic heterocycles. The summed E-state index contributed by atoms with van der Waals surface area (Å²) in [4.78, 5) is 0. The van der Waals surface area contributed by atoms with Gasteiger partial charge < -0.3 is 15.3 Å². The van der Waals surface area contributed by atoms with E-state index < -0.39 is 0 Å². The molecule has 3 N–H and O–H groups in total. The van der Waals surface area contributed by atoms with Crippen LogP contribution in [-0.2, 0) is 0 Å². The Labute approximate surface area is 99.6 Å². The molecule has 0 heterocycles. The van der Waals surface area contributed by atoms with Gasteiger partial charge in [0, 0.05) is 6.07 Å². The molecule has 3 nitrogen and oxygen atoms in total. The predicted octanol–water partition coefficient (Wildman–Crippen LogP) is 3.09. The van der Waals surface area contributed by atoms with E-state index in [1.54, 1.807) is 24.3 Å². The number of phenols is 3. The van der Waals surface area contributed by atoms with E-state index in [-0.39, 0.29) is 17.2 Å². The second kappa shape index (κ2) is 4.01. The molecule has 3 heteroatoms. The molecule has 2 aromatic rings. The van der Waals surface area contributed by atoms with Crippen molar-refractivity contribution < 1.29 is 15.3 Å². The van der Waals surface area contributed by atoms with Gasteiger partial charge in [-0.05, 0) is 60.4 Å². The van der Waals surface area contributed by atoms with Crippen molar-refractivity contribution in [1.82, 2.24) is 0 Å². The molecule has 2 rings (SSSR count). The molecule has 0 saturated carbocycles. The number of aryl methyl sites for hydroxylation is 2. The van der Waals surface area contributed by atoms with E-state index in [1.807, 2.05) is 13.8 Å². The Morgan fingerprint density at radius 3 is 1.53 bits per heavy atom. The normalized spacial score (nSPS) is 10.5. The predicted molar refractivity (Wildman–Crippen MR) is 66.3 cm³/mol. The van der Waals surface area contributed by atoms with E-state index >= 15 is 0 Å². The van der Waals surface area contributed by atoms with Gasteiger partial charge in [-0.25, -0.2) is 0 Å². The quantitative estimate of drug-likeness (QED) is 0.705. The topological polar surface area (TPSA) is 60.7 Å². The van der Waals surface area contributed by atoms with Crippen LogP contribution >= 0.6 is 0 Å². The molecule has 0 aliphatic rings. The van der Waals surface area contributed by atoms with Crippen molar-refractivity contribution in [1.29, 1.82) is 0 Å². The zero-order valence-electron chi connectivity index (χ0n) is 9.73. The molecule has 0 bridgehead atoms. The summed E-state index contributed by atoms with van der Waals surface area (Å²) in [7, 11) is 0. The van der Waals surface area contributed by atoms with Crippen LogP contribution in [0.3, 0.4) is 0 Å². The van der Waals surface area contributed by atoms with Gasteiger partial charge >= 0.3 is 0 Å². The fourth-order valence-electron chi connectivity index (χ4n) is 2.14. The van der Waals surface area contributed by atoms with Gasteiger partial charge in [-0.15, -0.1) is 0 Å². The van der Waals surface area contributed by atoms with Crippen LogP contribution in [0, 0.1) is 13.8 Å². The zero-order valence-corrected chi connectivity index (χ0v) is 9.73. The molecular weight excluding hydrogens is 216 g/mol. The van der Waals surface area contributed by atoms with Crippen molar-refractivity contribution in [2.75, 3.05) is 0 Å². The highest BCUT2D eigenvalue weighted by molar-refractivity contribution is 5.74. The summed E-state index contributed by atoms with van der Waals surface area (Å²) in [5.74, 6) is 0.256. The number of rotatable bonds is 1. The van der Waals surface area contributed by atoms with E-state index in [0.717, 1.165) is 22.3 Å². The lowest BCUT2D eigenvalue weighted by atomic mass is 9.95. The summed E-state index contributed by atoms with van der Waals surface area (Å²) in [6.45, 7) is 3.76. The Morgan fingerprint density at radius 2 is 1.06 bits per heavy atom. The summed E-state index contributed by atoms with van der Waals surface area (Å²) in [5, 5.41) is 28.4. The minimum absolute atomic E-state index is 0.0203.